The van der Waals surface area contributed by atoms with Crippen LogP contribution in [0.15, 0.2) is 0 Å². The molecular weight excluding hydrogens is 180 g/mol. The summed E-state index contributed by atoms with van der Waals surface area (Å²) < 4.78 is 0. The molecule has 0 rings (SSSR count). The molecular formula is C11H20O3. The highest BCUT2D eigenvalue weighted by Gasteiger charge is 2.15. The molecule has 82 valence electrons. The van der Waals surface area contributed by atoms with Gasteiger partial charge in [0.15, 0.2) is 5.78 Å². The minimum Gasteiger partial charge on any atom is -0.385 e. The third-order valence-corrected chi connectivity index (χ3v) is 2.13. The van der Waals surface area contributed by atoms with Gasteiger partial charge in [-0.25, -0.2) is 0 Å². The van der Waals surface area contributed by atoms with E-state index in [1.165, 1.54) is 6.92 Å². The zero-order valence-corrected chi connectivity index (χ0v) is 9.08. The summed E-state index contributed by atoms with van der Waals surface area (Å²) in [7, 11) is 0. The normalized spacial score (nSPS) is 12.5. The van der Waals surface area contributed by atoms with Gasteiger partial charge in [0.05, 0.1) is 0 Å². The monoisotopic (exact) mass is 200 g/mol. The van der Waals surface area contributed by atoms with E-state index in [0.717, 1.165) is 25.7 Å². The van der Waals surface area contributed by atoms with Crippen molar-refractivity contribution < 1.29 is 14.7 Å². The average Bonchev–Trinajstić information content (AvgIpc) is 2.11. The van der Waals surface area contributed by atoms with Crippen molar-refractivity contribution in [3.05, 3.63) is 0 Å². The van der Waals surface area contributed by atoms with Gasteiger partial charge in [-0.3, -0.25) is 9.59 Å². The van der Waals surface area contributed by atoms with E-state index in [-0.39, 0.29) is 18.0 Å². The predicted octanol–water partition coefficient (Wildman–Crippen LogP) is 1.87. The largest absolute Gasteiger partial charge is 0.385 e. The van der Waals surface area contributed by atoms with Gasteiger partial charge < -0.3 is 5.11 Å². The molecule has 0 bridgehead atoms. The first kappa shape index (κ1) is 13.3. The van der Waals surface area contributed by atoms with Crippen LogP contribution in [-0.2, 0) is 9.59 Å². The van der Waals surface area contributed by atoms with Crippen LogP contribution in [0.1, 0.15) is 52.4 Å². The van der Waals surface area contributed by atoms with Gasteiger partial charge in [0.25, 0.3) is 0 Å². The van der Waals surface area contributed by atoms with Crippen molar-refractivity contribution in [2.75, 3.05) is 0 Å². The fraction of sp³-hybridized carbons (Fsp3) is 0.818. The molecule has 3 nitrogen and oxygen atoms in total. The van der Waals surface area contributed by atoms with Crippen molar-refractivity contribution >= 4 is 11.6 Å². The second-order valence-corrected chi connectivity index (χ2v) is 3.70. The second-order valence-electron chi connectivity index (χ2n) is 3.70. The summed E-state index contributed by atoms with van der Waals surface area (Å²) >= 11 is 0. The van der Waals surface area contributed by atoms with E-state index < -0.39 is 6.10 Å². The molecule has 0 aliphatic heterocycles. The maximum atomic E-state index is 11.2. The minimum atomic E-state index is -1.07. The van der Waals surface area contributed by atoms with Crippen molar-refractivity contribution in [3.63, 3.8) is 0 Å². The van der Waals surface area contributed by atoms with Gasteiger partial charge in [-0.2, -0.15) is 0 Å². The van der Waals surface area contributed by atoms with Crippen LogP contribution in [-0.4, -0.2) is 22.8 Å². The number of carbonyl (C=O) groups is 2. The number of aliphatic hydroxyl groups is 1. The smallest absolute Gasteiger partial charge is 0.161 e. The molecule has 0 spiro atoms. The van der Waals surface area contributed by atoms with Gasteiger partial charge in [-0.1, -0.05) is 26.2 Å². The van der Waals surface area contributed by atoms with E-state index >= 15 is 0 Å². The molecule has 3 heteroatoms. The number of aliphatic hydroxyl groups excluding tert-OH is 1. The third kappa shape index (κ3) is 6.78. The topological polar surface area (TPSA) is 54.4 Å². The van der Waals surface area contributed by atoms with Crippen LogP contribution in [0.2, 0.25) is 0 Å². The number of hydrogen-bond donors (Lipinski definition) is 1. The minimum absolute atomic E-state index is 0.0351. The Morgan fingerprint density at radius 1 is 1.21 bits per heavy atom. The highest BCUT2D eigenvalue weighted by molar-refractivity contribution is 5.88. The molecule has 0 aliphatic carbocycles. The van der Waals surface area contributed by atoms with Gasteiger partial charge in [-0.15, -0.1) is 0 Å². The SMILES string of the molecule is CCCCCCC(=O)C(O)CC(C)=O. The van der Waals surface area contributed by atoms with Crippen molar-refractivity contribution in [2.45, 2.75) is 58.5 Å². The standard InChI is InChI=1S/C11H20O3/c1-3-4-5-6-7-10(13)11(14)8-9(2)12/h11,14H,3-8H2,1-2H3. The summed E-state index contributed by atoms with van der Waals surface area (Å²) in [6.45, 7) is 3.49. The lowest BCUT2D eigenvalue weighted by molar-refractivity contribution is -0.131. The molecule has 1 atom stereocenters. The van der Waals surface area contributed by atoms with Gasteiger partial charge in [0.1, 0.15) is 11.9 Å². The molecule has 14 heavy (non-hydrogen) atoms. The highest BCUT2D eigenvalue weighted by atomic mass is 16.3. The Morgan fingerprint density at radius 2 is 1.86 bits per heavy atom. The zero-order chi connectivity index (χ0) is 11.0. The maximum absolute atomic E-state index is 11.2. The average molecular weight is 200 g/mol. The maximum Gasteiger partial charge on any atom is 0.161 e. The molecule has 0 aromatic rings. The molecule has 0 fully saturated rings. The highest BCUT2D eigenvalue weighted by Crippen LogP contribution is 2.06. The Kier molecular flexibility index (Phi) is 7.30. The number of rotatable bonds is 8. The van der Waals surface area contributed by atoms with Crippen molar-refractivity contribution in [2.24, 2.45) is 0 Å². The molecule has 0 radical (unpaired) electrons. The fourth-order valence-corrected chi connectivity index (χ4v) is 1.28. The zero-order valence-electron chi connectivity index (χ0n) is 9.08. The quantitative estimate of drug-likeness (QED) is 0.608. The third-order valence-electron chi connectivity index (χ3n) is 2.13. The first-order valence-electron chi connectivity index (χ1n) is 5.28. The van der Waals surface area contributed by atoms with E-state index in [1.807, 2.05) is 0 Å². The first-order chi connectivity index (χ1) is 6.57. The lowest BCUT2D eigenvalue weighted by Crippen LogP contribution is -2.22. The fourth-order valence-electron chi connectivity index (χ4n) is 1.28. The van der Waals surface area contributed by atoms with Crippen molar-refractivity contribution in [1.82, 2.24) is 0 Å². The van der Waals surface area contributed by atoms with Gasteiger partial charge in [-0.05, 0) is 13.3 Å². The summed E-state index contributed by atoms with van der Waals surface area (Å²) in [5.74, 6) is -0.337. The molecule has 0 heterocycles. The van der Waals surface area contributed by atoms with E-state index in [1.54, 1.807) is 0 Å². The van der Waals surface area contributed by atoms with Crippen LogP contribution in [0.5, 0.6) is 0 Å². The molecule has 0 saturated heterocycles. The van der Waals surface area contributed by atoms with Crippen LogP contribution >= 0.6 is 0 Å². The number of ketones is 2. The summed E-state index contributed by atoms with van der Waals surface area (Å²) in [5, 5.41) is 9.27. The lowest BCUT2D eigenvalue weighted by atomic mass is 10.0. The number of hydrogen-bond acceptors (Lipinski definition) is 3. The van der Waals surface area contributed by atoms with E-state index in [2.05, 4.69) is 6.92 Å². The van der Waals surface area contributed by atoms with E-state index in [4.69, 9.17) is 0 Å². The number of Topliss-reactive ketones (excluding diaryl/α,β-unsaturated/α-hetero) is 2. The van der Waals surface area contributed by atoms with Crippen molar-refractivity contribution in [3.8, 4) is 0 Å². The van der Waals surface area contributed by atoms with Gasteiger partial charge in [0, 0.05) is 12.8 Å². The first-order valence-corrected chi connectivity index (χ1v) is 5.28. The molecule has 0 saturated carbocycles. The Morgan fingerprint density at radius 3 is 2.36 bits per heavy atom. The molecule has 1 N–H and O–H groups in total. The Balaban J connectivity index is 3.57. The van der Waals surface area contributed by atoms with Crippen LogP contribution in [0.25, 0.3) is 0 Å². The van der Waals surface area contributed by atoms with E-state index in [9.17, 15) is 14.7 Å². The van der Waals surface area contributed by atoms with Gasteiger partial charge in [0.2, 0.25) is 0 Å². The van der Waals surface area contributed by atoms with Crippen molar-refractivity contribution in [1.29, 1.82) is 0 Å². The number of unbranched alkanes of at least 4 members (excludes halogenated alkanes) is 3. The number of carbonyl (C=O) groups excluding carboxylic acids is 2. The Hall–Kier alpha value is -0.700. The summed E-state index contributed by atoms with van der Waals surface area (Å²) in [6, 6.07) is 0. The second kappa shape index (κ2) is 7.68. The predicted molar refractivity (Wildman–Crippen MR) is 55.1 cm³/mol. The summed E-state index contributed by atoms with van der Waals surface area (Å²) in [5.41, 5.74) is 0. The van der Waals surface area contributed by atoms with Crippen LogP contribution in [0.3, 0.4) is 0 Å². The Bertz CT molecular complexity index is 187. The summed E-state index contributed by atoms with van der Waals surface area (Å²) in [6.07, 6.45) is 3.38. The lowest BCUT2D eigenvalue weighted by Gasteiger charge is -2.06. The Labute approximate surface area is 85.5 Å². The van der Waals surface area contributed by atoms with Gasteiger partial charge >= 0.3 is 0 Å². The van der Waals surface area contributed by atoms with E-state index in [0.29, 0.717) is 6.42 Å². The molecule has 0 amide bonds. The molecule has 1 unspecified atom stereocenters. The summed E-state index contributed by atoms with van der Waals surface area (Å²) in [4.78, 5) is 21.9. The molecule has 0 aromatic carbocycles. The molecule has 0 aliphatic rings. The molecule has 0 aromatic heterocycles. The van der Waals surface area contributed by atoms with Crippen LogP contribution in [0.4, 0.5) is 0 Å². The van der Waals surface area contributed by atoms with Crippen LogP contribution < -0.4 is 0 Å². The van der Waals surface area contributed by atoms with Crippen LogP contribution in [0, 0.1) is 0 Å².